The van der Waals surface area contributed by atoms with Crippen LogP contribution in [0.2, 0.25) is 0 Å². The van der Waals surface area contributed by atoms with Crippen molar-refractivity contribution >= 4 is 35.8 Å². The van der Waals surface area contributed by atoms with E-state index >= 15 is 0 Å². The molecule has 0 aliphatic rings. The molecule has 0 aliphatic heterocycles. The molecule has 85 heavy (non-hydrogen) atoms. The van der Waals surface area contributed by atoms with Crippen molar-refractivity contribution in [3.8, 4) is 56.8 Å². The monoisotopic (exact) mass is 1160 g/mol. The number of hydrogen-bond acceptors (Lipinski definition) is 14. The first kappa shape index (κ1) is 65.9. The molecular formula is C71H84O14. The number of carbonyl (C=O) groups excluding carboxylic acids is 6. The smallest absolute Gasteiger partial charge is 0.343 e. The summed E-state index contributed by atoms with van der Waals surface area (Å²) in [5, 5.41) is 0. The third-order valence-electron chi connectivity index (χ3n) is 14.6. The van der Waals surface area contributed by atoms with Gasteiger partial charge in [-0.15, -0.1) is 0 Å². The van der Waals surface area contributed by atoms with E-state index in [4.69, 9.17) is 37.9 Å². The van der Waals surface area contributed by atoms with E-state index in [9.17, 15) is 28.8 Å². The maximum Gasteiger partial charge on any atom is 0.343 e. The van der Waals surface area contributed by atoms with Crippen LogP contribution in [0.1, 0.15) is 204 Å². The molecule has 6 aromatic carbocycles. The zero-order valence-corrected chi connectivity index (χ0v) is 50.4. The van der Waals surface area contributed by atoms with Crippen LogP contribution in [0.15, 0.2) is 133 Å². The number of esters is 6. The van der Waals surface area contributed by atoms with Gasteiger partial charge >= 0.3 is 35.8 Å². The summed E-state index contributed by atoms with van der Waals surface area (Å²) in [7, 11) is 2.88. The Morgan fingerprint density at radius 2 is 0.635 bits per heavy atom. The molecule has 0 aromatic heterocycles. The van der Waals surface area contributed by atoms with E-state index < -0.39 is 11.9 Å². The van der Waals surface area contributed by atoms with E-state index in [1.807, 2.05) is 62.4 Å². The van der Waals surface area contributed by atoms with Crippen LogP contribution in [0.5, 0.6) is 34.5 Å². The van der Waals surface area contributed by atoms with Crippen molar-refractivity contribution in [2.75, 3.05) is 14.2 Å². The summed E-state index contributed by atoms with van der Waals surface area (Å²) in [4.78, 5) is 77.1. The Hall–Kier alpha value is -8.26. The molecule has 0 heterocycles. The summed E-state index contributed by atoms with van der Waals surface area (Å²) in [5.74, 6) is -1.07. The first-order valence-corrected chi connectivity index (χ1v) is 30.3. The number of ether oxygens (including phenoxy) is 8. The zero-order valence-electron chi connectivity index (χ0n) is 50.4. The minimum Gasteiger partial charge on any atom is -0.493 e. The first-order chi connectivity index (χ1) is 41.3. The predicted molar refractivity (Wildman–Crippen MR) is 329 cm³/mol. The summed E-state index contributed by atoms with van der Waals surface area (Å²) in [5.41, 5.74) is 4.99. The topological polar surface area (TPSA) is 176 Å². The van der Waals surface area contributed by atoms with Crippen molar-refractivity contribution in [3.63, 3.8) is 0 Å². The van der Waals surface area contributed by atoms with Crippen molar-refractivity contribution in [2.24, 2.45) is 0 Å². The van der Waals surface area contributed by atoms with Gasteiger partial charge in [0.2, 0.25) is 0 Å². The second-order valence-corrected chi connectivity index (χ2v) is 21.5. The van der Waals surface area contributed by atoms with Gasteiger partial charge in [0.05, 0.1) is 48.7 Å². The fourth-order valence-corrected chi connectivity index (χ4v) is 9.58. The Morgan fingerprint density at radius 1 is 0.329 bits per heavy atom. The van der Waals surface area contributed by atoms with Crippen LogP contribution in [0.3, 0.4) is 0 Å². The Kier molecular flexibility index (Phi) is 27.7. The van der Waals surface area contributed by atoms with Gasteiger partial charge in [0.1, 0.15) is 11.5 Å². The Morgan fingerprint density at radius 3 is 0.965 bits per heavy atom. The van der Waals surface area contributed by atoms with E-state index in [0.717, 1.165) is 119 Å². The van der Waals surface area contributed by atoms with Gasteiger partial charge < -0.3 is 37.9 Å². The molecule has 0 radical (unpaired) electrons. The molecule has 6 aromatic rings. The number of benzene rings is 6. The van der Waals surface area contributed by atoms with Crippen molar-refractivity contribution < 1.29 is 66.7 Å². The molecule has 0 saturated heterocycles. The average molecular weight is 1160 g/mol. The third-order valence-corrected chi connectivity index (χ3v) is 14.6. The van der Waals surface area contributed by atoms with Gasteiger partial charge in [-0.2, -0.15) is 0 Å². The molecule has 0 amide bonds. The fourth-order valence-electron chi connectivity index (χ4n) is 9.58. The van der Waals surface area contributed by atoms with Crippen LogP contribution >= 0.6 is 0 Å². The van der Waals surface area contributed by atoms with Gasteiger partial charge in [0.15, 0.2) is 23.0 Å². The molecule has 0 fully saturated rings. The number of rotatable bonds is 36. The van der Waals surface area contributed by atoms with Gasteiger partial charge in [-0.3, -0.25) is 9.59 Å². The van der Waals surface area contributed by atoms with Crippen molar-refractivity contribution in [2.45, 2.75) is 175 Å². The van der Waals surface area contributed by atoms with Gasteiger partial charge in [-0.05, 0) is 160 Å². The molecule has 0 spiro atoms. The van der Waals surface area contributed by atoms with E-state index in [1.165, 1.54) is 63.5 Å². The normalized spacial score (nSPS) is 11.6. The SMILES string of the molecule is CCCCCCC(C)OC(=O)c1ccc(-c2ccc(OC(=O)c3ccc(OC(=O)CCCCCCCCCCCC(=O)Oc4ccc(C(=O)Oc5ccc(-c6ccc(C(=O)OC(C)CCCCCC)cc6)cc5)cc4OC)c(OC)c3)cc2)cc1. The van der Waals surface area contributed by atoms with Crippen LogP contribution in [-0.2, 0) is 19.1 Å². The highest BCUT2D eigenvalue weighted by Crippen LogP contribution is 2.32. The third kappa shape index (κ3) is 22.4. The summed E-state index contributed by atoms with van der Waals surface area (Å²) >= 11 is 0. The minimum atomic E-state index is -0.600. The molecule has 2 unspecified atom stereocenters. The van der Waals surface area contributed by atoms with Gasteiger partial charge in [-0.1, -0.05) is 146 Å². The standard InChI is InChI=1S/C71H84O14/c1-7-9-11-20-24-50(3)80-68(74)56-32-28-52(29-33-56)54-36-42-60(43-37-54)82-70(76)58-40-46-62(64(48-58)78-5)84-66(72)26-22-18-16-14-13-15-17-19-23-27-67(73)85-63-47-41-59(49-65(63)79-6)71(77)83-61-44-38-55(39-45-61)53-30-34-57(35-31-53)69(75)81-51(4)25-21-12-10-8-2/h28-51H,7-27H2,1-6H3. The van der Waals surface area contributed by atoms with Crippen LogP contribution in [0, 0.1) is 0 Å². The second kappa shape index (κ2) is 35.8. The lowest BCUT2D eigenvalue weighted by Crippen LogP contribution is -2.15. The zero-order chi connectivity index (χ0) is 60.8. The molecular weight excluding hydrogens is 1080 g/mol. The lowest BCUT2D eigenvalue weighted by Gasteiger charge is -2.13. The van der Waals surface area contributed by atoms with Gasteiger partial charge in [-0.25, -0.2) is 19.2 Å². The highest BCUT2D eigenvalue weighted by molar-refractivity contribution is 5.94. The van der Waals surface area contributed by atoms with Crippen molar-refractivity contribution in [3.05, 3.63) is 156 Å². The summed E-state index contributed by atoms with van der Waals surface area (Å²) < 4.78 is 44.7. The summed E-state index contributed by atoms with van der Waals surface area (Å²) in [6, 6.07) is 37.6. The molecule has 0 aliphatic carbocycles. The largest absolute Gasteiger partial charge is 0.493 e. The number of unbranched alkanes of at least 4 members (excludes halogenated alkanes) is 14. The Labute approximate surface area is 501 Å². The molecule has 2 atom stereocenters. The minimum absolute atomic E-state index is 0.137. The van der Waals surface area contributed by atoms with E-state index in [1.54, 1.807) is 48.5 Å². The van der Waals surface area contributed by atoms with Crippen LogP contribution in [0.25, 0.3) is 22.3 Å². The molecule has 0 N–H and O–H groups in total. The van der Waals surface area contributed by atoms with Crippen LogP contribution in [-0.4, -0.2) is 62.2 Å². The van der Waals surface area contributed by atoms with E-state index in [-0.39, 0.29) is 83.1 Å². The molecule has 0 bridgehead atoms. The van der Waals surface area contributed by atoms with Crippen LogP contribution in [0.4, 0.5) is 0 Å². The number of hydrogen-bond donors (Lipinski definition) is 0. The highest BCUT2D eigenvalue weighted by Gasteiger charge is 2.20. The maximum atomic E-state index is 13.1. The second-order valence-electron chi connectivity index (χ2n) is 21.5. The lowest BCUT2D eigenvalue weighted by molar-refractivity contribution is -0.135. The van der Waals surface area contributed by atoms with E-state index in [2.05, 4.69) is 13.8 Å². The summed E-state index contributed by atoms with van der Waals surface area (Å²) in [6.07, 6.45) is 19.1. The van der Waals surface area contributed by atoms with Crippen molar-refractivity contribution in [1.29, 1.82) is 0 Å². The molecule has 14 heteroatoms. The van der Waals surface area contributed by atoms with Gasteiger partial charge in [0, 0.05) is 12.8 Å². The lowest BCUT2D eigenvalue weighted by atomic mass is 10.0. The summed E-state index contributed by atoms with van der Waals surface area (Å²) in [6.45, 7) is 8.20. The average Bonchev–Trinajstić information content (AvgIpc) is 3.59. The first-order valence-electron chi connectivity index (χ1n) is 30.3. The molecule has 14 nitrogen and oxygen atoms in total. The molecule has 0 saturated carbocycles. The maximum absolute atomic E-state index is 13.1. The van der Waals surface area contributed by atoms with Crippen LogP contribution < -0.4 is 28.4 Å². The predicted octanol–water partition coefficient (Wildman–Crippen LogP) is 17.3. The number of carbonyl (C=O) groups is 6. The quantitative estimate of drug-likeness (QED) is 0.0206. The van der Waals surface area contributed by atoms with Gasteiger partial charge in [0.25, 0.3) is 0 Å². The Bertz CT molecular complexity index is 2850. The molecule has 6 rings (SSSR count). The van der Waals surface area contributed by atoms with E-state index in [0.29, 0.717) is 35.5 Å². The Balaban J connectivity index is 0.807. The van der Waals surface area contributed by atoms with Crippen molar-refractivity contribution in [1.82, 2.24) is 0 Å². The fraction of sp³-hybridized carbons (Fsp3) is 0.408. The highest BCUT2D eigenvalue weighted by atomic mass is 16.6. The molecule has 452 valence electrons. The number of methoxy groups -OCH3 is 2.